The van der Waals surface area contributed by atoms with Crippen molar-refractivity contribution in [3.05, 3.63) is 83.7 Å². The van der Waals surface area contributed by atoms with E-state index in [1.54, 1.807) is 61.5 Å². The Labute approximate surface area is 183 Å². The number of aromatic hydroxyl groups is 1. The Morgan fingerprint density at radius 1 is 1.09 bits per heavy atom. The lowest BCUT2D eigenvalue weighted by atomic mass is 10.2. The molecule has 2 heterocycles. The summed E-state index contributed by atoms with van der Waals surface area (Å²) in [6.45, 7) is 2.45. The molecule has 0 atom stereocenters. The van der Waals surface area contributed by atoms with Crippen LogP contribution in [-0.4, -0.2) is 38.2 Å². The van der Waals surface area contributed by atoms with Crippen LogP contribution in [0.4, 0.5) is 11.5 Å². The number of aromatic nitrogens is 3. The van der Waals surface area contributed by atoms with Gasteiger partial charge in [0.1, 0.15) is 11.6 Å². The molecule has 0 saturated carbocycles. The standard InChI is InChI=1S/C23H21N5O4/c1-2-32-23(31)16-6-4-7-17(12-16)26-22(30)19-14-25-21-10-9-20(27-28(19)21)24-13-15-5-3-8-18(29)11-15/h3-12,14,29H,2,13H2,1H3,(H,24,27)(H,26,30). The molecule has 0 saturated heterocycles. The van der Waals surface area contributed by atoms with Crippen LogP contribution in [-0.2, 0) is 11.3 Å². The fraction of sp³-hybridized carbons (Fsp3) is 0.130. The molecule has 3 N–H and O–H groups in total. The summed E-state index contributed by atoms with van der Waals surface area (Å²) in [5, 5.41) is 20.0. The third-order valence-electron chi connectivity index (χ3n) is 4.61. The van der Waals surface area contributed by atoms with Gasteiger partial charge in [0, 0.05) is 12.2 Å². The van der Waals surface area contributed by atoms with E-state index in [2.05, 4.69) is 20.7 Å². The molecule has 0 aliphatic heterocycles. The average molecular weight is 431 g/mol. The number of nitrogens with one attached hydrogen (secondary N) is 2. The first kappa shape index (κ1) is 20.9. The molecular weight excluding hydrogens is 410 g/mol. The van der Waals surface area contributed by atoms with E-state index in [9.17, 15) is 14.7 Å². The number of anilines is 2. The van der Waals surface area contributed by atoms with Crippen LogP contribution in [0.3, 0.4) is 0 Å². The predicted octanol–water partition coefficient (Wildman–Crippen LogP) is 3.48. The van der Waals surface area contributed by atoms with Crippen LogP contribution >= 0.6 is 0 Å². The van der Waals surface area contributed by atoms with Gasteiger partial charge in [-0.15, -0.1) is 5.10 Å². The molecule has 162 valence electrons. The van der Waals surface area contributed by atoms with Crippen molar-refractivity contribution in [1.29, 1.82) is 0 Å². The number of nitrogens with zero attached hydrogens (tertiary/aromatic N) is 3. The van der Waals surface area contributed by atoms with Gasteiger partial charge in [-0.2, -0.15) is 0 Å². The van der Waals surface area contributed by atoms with Gasteiger partial charge in [-0.1, -0.05) is 18.2 Å². The second-order valence-corrected chi connectivity index (χ2v) is 6.91. The summed E-state index contributed by atoms with van der Waals surface area (Å²) < 4.78 is 6.44. The van der Waals surface area contributed by atoms with E-state index >= 15 is 0 Å². The SMILES string of the molecule is CCOC(=O)c1cccc(NC(=O)c2cnc3ccc(NCc4cccc(O)c4)nn23)c1. The molecule has 4 aromatic rings. The van der Waals surface area contributed by atoms with Gasteiger partial charge in [0.2, 0.25) is 0 Å². The highest BCUT2D eigenvalue weighted by atomic mass is 16.5. The Hall–Kier alpha value is -4.40. The molecule has 0 aliphatic rings. The van der Waals surface area contributed by atoms with Crippen LogP contribution in [0.5, 0.6) is 5.75 Å². The quantitative estimate of drug-likeness (QED) is 0.384. The third-order valence-corrected chi connectivity index (χ3v) is 4.61. The molecule has 1 amide bonds. The maximum absolute atomic E-state index is 12.8. The summed E-state index contributed by atoms with van der Waals surface area (Å²) in [5.74, 6) is -0.149. The van der Waals surface area contributed by atoms with Gasteiger partial charge < -0.3 is 20.5 Å². The third kappa shape index (κ3) is 4.67. The highest BCUT2D eigenvalue weighted by molar-refractivity contribution is 6.04. The Balaban J connectivity index is 1.51. The summed E-state index contributed by atoms with van der Waals surface area (Å²) in [4.78, 5) is 29.0. The van der Waals surface area contributed by atoms with Gasteiger partial charge in [0.05, 0.1) is 18.4 Å². The molecule has 2 aromatic carbocycles. The predicted molar refractivity (Wildman–Crippen MR) is 119 cm³/mol. The normalized spacial score (nSPS) is 10.7. The highest BCUT2D eigenvalue weighted by Gasteiger charge is 2.15. The largest absolute Gasteiger partial charge is 0.508 e. The topological polar surface area (TPSA) is 118 Å². The van der Waals surface area contributed by atoms with Crippen molar-refractivity contribution in [3.8, 4) is 5.75 Å². The zero-order chi connectivity index (χ0) is 22.5. The second kappa shape index (κ2) is 9.17. The fourth-order valence-corrected chi connectivity index (χ4v) is 3.11. The van der Waals surface area contributed by atoms with Gasteiger partial charge in [-0.3, -0.25) is 4.79 Å². The molecule has 4 rings (SSSR count). The van der Waals surface area contributed by atoms with Crippen molar-refractivity contribution in [2.24, 2.45) is 0 Å². The Morgan fingerprint density at radius 2 is 1.94 bits per heavy atom. The lowest BCUT2D eigenvalue weighted by Crippen LogP contribution is -2.16. The number of carbonyl (C=O) groups excluding carboxylic acids is 2. The van der Waals surface area contributed by atoms with E-state index < -0.39 is 11.9 Å². The first-order valence-electron chi connectivity index (χ1n) is 9.98. The second-order valence-electron chi connectivity index (χ2n) is 6.91. The fourth-order valence-electron chi connectivity index (χ4n) is 3.11. The van der Waals surface area contributed by atoms with Crippen LogP contribution in [0.2, 0.25) is 0 Å². The number of benzene rings is 2. The Bertz CT molecular complexity index is 1280. The maximum Gasteiger partial charge on any atom is 0.338 e. The number of hydrogen-bond acceptors (Lipinski definition) is 7. The van der Waals surface area contributed by atoms with E-state index in [4.69, 9.17) is 4.74 Å². The molecule has 0 fully saturated rings. The van der Waals surface area contributed by atoms with Crippen molar-refractivity contribution in [2.45, 2.75) is 13.5 Å². The number of ether oxygens (including phenoxy) is 1. The number of rotatable bonds is 7. The lowest BCUT2D eigenvalue weighted by Gasteiger charge is -2.09. The monoisotopic (exact) mass is 431 g/mol. The summed E-state index contributed by atoms with van der Waals surface area (Å²) in [5.41, 5.74) is 2.44. The lowest BCUT2D eigenvalue weighted by molar-refractivity contribution is 0.0526. The Kier molecular flexibility index (Phi) is 5.98. The van der Waals surface area contributed by atoms with E-state index in [1.165, 1.54) is 10.7 Å². The number of phenols is 1. The molecule has 9 nitrogen and oxygen atoms in total. The van der Waals surface area contributed by atoms with Gasteiger partial charge >= 0.3 is 5.97 Å². The van der Waals surface area contributed by atoms with E-state index in [0.717, 1.165) is 5.56 Å². The van der Waals surface area contributed by atoms with Crippen molar-refractivity contribution in [2.75, 3.05) is 17.2 Å². The number of hydrogen-bond donors (Lipinski definition) is 3. The molecule has 0 aliphatic carbocycles. The summed E-state index contributed by atoms with van der Waals surface area (Å²) in [6, 6.07) is 16.9. The van der Waals surface area contributed by atoms with E-state index in [0.29, 0.717) is 29.3 Å². The first-order valence-corrected chi connectivity index (χ1v) is 9.98. The number of esters is 1. The van der Waals surface area contributed by atoms with Crippen molar-refractivity contribution in [1.82, 2.24) is 14.6 Å². The molecule has 0 radical (unpaired) electrons. The van der Waals surface area contributed by atoms with Crippen LogP contribution in [0.25, 0.3) is 5.65 Å². The van der Waals surface area contributed by atoms with Crippen LogP contribution < -0.4 is 10.6 Å². The van der Waals surface area contributed by atoms with Crippen LogP contribution in [0.15, 0.2) is 66.9 Å². The summed E-state index contributed by atoms with van der Waals surface area (Å²) >= 11 is 0. The van der Waals surface area contributed by atoms with Crippen LogP contribution in [0, 0.1) is 0 Å². The van der Waals surface area contributed by atoms with E-state index in [-0.39, 0.29) is 18.1 Å². The van der Waals surface area contributed by atoms with E-state index in [1.807, 2.05) is 6.07 Å². The number of fused-ring (bicyclic) bond motifs is 1. The van der Waals surface area contributed by atoms with Crippen molar-refractivity contribution in [3.63, 3.8) is 0 Å². The smallest absolute Gasteiger partial charge is 0.338 e. The minimum atomic E-state index is -0.456. The summed E-state index contributed by atoms with van der Waals surface area (Å²) in [7, 11) is 0. The summed E-state index contributed by atoms with van der Waals surface area (Å²) in [6.07, 6.45) is 1.44. The molecule has 0 spiro atoms. The van der Waals surface area contributed by atoms with Crippen molar-refractivity contribution >= 4 is 29.0 Å². The number of phenolic OH excluding ortho intramolecular Hbond substituents is 1. The molecule has 2 aromatic heterocycles. The molecule has 0 unspecified atom stereocenters. The minimum absolute atomic E-state index is 0.188. The number of amides is 1. The number of carbonyl (C=O) groups is 2. The van der Waals surface area contributed by atoms with Gasteiger partial charge in [-0.25, -0.2) is 14.3 Å². The zero-order valence-corrected chi connectivity index (χ0v) is 17.3. The van der Waals surface area contributed by atoms with Crippen LogP contribution in [0.1, 0.15) is 33.3 Å². The molecular formula is C23H21N5O4. The van der Waals surface area contributed by atoms with Crippen molar-refractivity contribution < 1.29 is 19.4 Å². The van der Waals surface area contributed by atoms with Gasteiger partial charge in [-0.05, 0) is 55.0 Å². The van der Waals surface area contributed by atoms with Gasteiger partial charge in [0.25, 0.3) is 5.91 Å². The van der Waals surface area contributed by atoms with Gasteiger partial charge in [0.15, 0.2) is 11.3 Å². The molecule has 9 heteroatoms. The zero-order valence-electron chi connectivity index (χ0n) is 17.3. The molecule has 32 heavy (non-hydrogen) atoms. The molecule has 0 bridgehead atoms. The number of imidazole rings is 1. The maximum atomic E-state index is 12.8. The minimum Gasteiger partial charge on any atom is -0.508 e. The Morgan fingerprint density at radius 3 is 2.75 bits per heavy atom. The first-order chi connectivity index (χ1) is 15.5. The highest BCUT2D eigenvalue weighted by Crippen LogP contribution is 2.16. The average Bonchev–Trinajstić information content (AvgIpc) is 3.21.